The normalized spacial score (nSPS) is 10.7. The smallest absolute Gasteiger partial charge is 0.222 e. The zero-order chi connectivity index (χ0) is 21.6. The average molecular weight is 417 g/mol. The molecular weight excluding hydrogens is 397 g/mol. The summed E-state index contributed by atoms with van der Waals surface area (Å²) in [5, 5.41) is 7.60. The number of para-hydroxylation sites is 1. The van der Waals surface area contributed by atoms with Gasteiger partial charge in [0.05, 0.1) is 18.3 Å². The van der Waals surface area contributed by atoms with Crippen molar-refractivity contribution in [2.24, 2.45) is 0 Å². The van der Waals surface area contributed by atoms with Crippen LogP contribution in [0.1, 0.15) is 12.0 Å². The molecule has 4 rings (SSSR count). The van der Waals surface area contributed by atoms with E-state index in [0.717, 1.165) is 5.56 Å². The number of nitrogens with zero attached hydrogens (tertiary/aromatic N) is 2. The highest BCUT2D eigenvalue weighted by atomic mass is 19.1. The fourth-order valence-electron chi connectivity index (χ4n) is 3.15. The Balaban J connectivity index is 1.29. The van der Waals surface area contributed by atoms with Gasteiger partial charge in [-0.3, -0.25) is 14.3 Å². The van der Waals surface area contributed by atoms with Crippen LogP contribution in [0.2, 0.25) is 0 Å². The number of aromatic nitrogens is 2. The van der Waals surface area contributed by atoms with Crippen LogP contribution in [0.5, 0.6) is 11.5 Å². The van der Waals surface area contributed by atoms with Crippen molar-refractivity contribution in [3.8, 4) is 11.5 Å². The minimum atomic E-state index is -0.316. The molecule has 1 heterocycles. The summed E-state index contributed by atoms with van der Waals surface area (Å²) in [5.41, 5.74) is 1.49. The lowest BCUT2D eigenvalue weighted by Crippen LogP contribution is -2.24. The van der Waals surface area contributed by atoms with Crippen LogP contribution < -0.4 is 15.5 Å². The van der Waals surface area contributed by atoms with Gasteiger partial charge in [0.25, 0.3) is 0 Å². The van der Waals surface area contributed by atoms with Gasteiger partial charge in [-0.15, -0.1) is 0 Å². The minimum Gasteiger partial charge on any atom is -0.457 e. The van der Waals surface area contributed by atoms with Crippen molar-refractivity contribution in [2.75, 3.05) is 0 Å². The zero-order valence-corrected chi connectivity index (χ0v) is 16.6. The number of benzene rings is 3. The van der Waals surface area contributed by atoms with Gasteiger partial charge < -0.3 is 10.1 Å². The van der Waals surface area contributed by atoms with Gasteiger partial charge in [0, 0.05) is 18.4 Å². The summed E-state index contributed by atoms with van der Waals surface area (Å²) in [7, 11) is 0. The Kier molecular flexibility index (Phi) is 6.03. The summed E-state index contributed by atoms with van der Waals surface area (Å²) in [4.78, 5) is 24.1. The Morgan fingerprint density at radius 1 is 0.968 bits per heavy atom. The summed E-state index contributed by atoms with van der Waals surface area (Å²) < 4.78 is 20.3. The molecule has 0 aliphatic heterocycles. The number of ether oxygens (including phenoxy) is 1. The highest BCUT2D eigenvalue weighted by molar-refractivity contribution is 5.79. The van der Waals surface area contributed by atoms with E-state index in [-0.39, 0.29) is 23.6 Å². The molecule has 0 bridgehead atoms. The van der Waals surface area contributed by atoms with Crippen LogP contribution in [-0.4, -0.2) is 15.7 Å². The molecule has 0 saturated heterocycles. The van der Waals surface area contributed by atoms with Crippen LogP contribution in [-0.2, 0) is 17.9 Å². The van der Waals surface area contributed by atoms with Crippen molar-refractivity contribution >= 4 is 16.8 Å². The first-order valence-electron chi connectivity index (χ1n) is 9.82. The first-order chi connectivity index (χ1) is 15.1. The van der Waals surface area contributed by atoms with E-state index in [1.807, 2.05) is 24.3 Å². The van der Waals surface area contributed by atoms with Gasteiger partial charge in [-0.2, -0.15) is 5.10 Å². The van der Waals surface area contributed by atoms with Crippen LogP contribution in [0.25, 0.3) is 10.9 Å². The maximum Gasteiger partial charge on any atom is 0.222 e. The predicted molar refractivity (Wildman–Crippen MR) is 115 cm³/mol. The Hall–Kier alpha value is -4.00. The molecule has 1 amide bonds. The van der Waals surface area contributed by atoms with E-state index in [1.165, 1.54) is 18.3 Å². The number of hydrogen-bond donors (Lipinski definition) is 1. The standard InChI is InChI=1S/C24H20FN3O3/c25-18-7-11-20(12-8-18)31-19-9-5-17(6-10-19)15-26-24(30)13-14-28-22-4-2-1-3-21(22)23(29)16-27-28/h1-12,16H,13-15H2,(H,26,30). The third-order valence-corrected chi connectivity index (χ3v) is 4.78. The average Bonchev–Trinajstić information content (AvgIpc) is 2.80. The van der Waals surface area contributed by atoms with Crippen molar-refractivity contribution in [3.05, 3.63) is 101 Å². The molecule has 3 aromatic carbocycles. The van der Waals surface area contributed by atoms with Gasteiger partial charge in [-0.25, -0.2) is 4.39 Å². The Morgan fingerprint density at radius 3 is 2.39 bits per heavy atom. The second-order valence-corrected chi connectivity index (χ2v) is 6.98. The lowest BCUT2D eigenvalue weighted by atomic mass is 10.2. The summed E-state index contributed by atoms with van der Waals surface area (Å²) >= 11 is 0. The summed E-state index contributed by atoms with van der Waals surface area (Å²) in [6.45, 7) is 0.755. The molecule has 1 N–H and O–H groups in total. The molecule has 0 saturated carbocycles. The summed E-state index contributed by atoms with van der Waals surface area (Å²) in [6, 6.07) is 20.3. The molecule has 0 spiro atoms. The molecule has 4 aromatic rings. The third-order valence-electron chi connectivity index (χ3n) is 4.78. The first-order valence-corrected chi connectivity index (χ1v) is 9.82. The Bertz CT molecular complexity index is 1250. The van der Waals surface area contributed by atoms with Gasteiger partial charge >= 0.3 is 0 Å². The van der Waals surface area contributed by atoms with E-state index in [2.05, 4.69) is 10.4 Å². The fourth-order valence-corrected chi connectivity index (χ4v) is 3.15. The van der Waals surface area contributed by atoms with Crippen LogP contribution in [0.15, 0.2) is 83.8 Å². The largest absolute Gasteiger partial charge is 0.457 e. The van der Waals surface area contributed by atoms with Crippen molar-refractivity contribution < 1.29 is 13.9 Å². The molecule has 0 unspecified atom stereocenters. The van der Waals surface area contributed by atoms with Crippen LogP contribution in [0, 0.1) is 5.82 Å². The monoisotopic (exact) mass is 417 g/mol. The lowest BCUT2D eigenvalue weighted by molar-refractivity contribution is -0.121. The number of carbonyl (C=O) groups excluding carboxylic acids is 1. The Morgan fingerprint density at radius 2 is 1.65 bits per heavy atom. The predicted octanol–water partition coefficient (Wildman–Crippen LogP) is 4.03. The SMILES string of the molecule is O=C(CCn1ncc(=O)c2ccccc21)NCc1ccc(Oc2ccc(F)cc2)cc1. The number of hydrogen-bond acceptors (Lipinski definition) is 4. The topological polar surface area (TPSA) is 73.2 Å². The molecule has 31 heavy (non-hydrogen) atoms. The number of nitrogens with one attached hydrogen (secondary N) is 1. The highest BCUT2D eigenvalue weighted by Crippen LogP contribution is 2.21. The molecule has 0 fully saturated rings. The van der Waals surface area contributed by atoms with Crippen LogP contribution in [0.4, 0.5) is 4.39 Å². The van der Waals surface area contributed by atoms with Crippen molar-refractivity contribution in [2.45, 2.75) is 19.5 Å². The van der Waals surface area contributed by atoms with Crippen molar-refractivity contribution in [1.82, 2.24) is 15.1 Å². The van der Waals surface area contributed by atoms with Gasteiger partial charge in [-0.1, -0.05) is 24.3 Å². The summed E-state index contributed by atoms with van der Waals surface area (Å²) in [6.07, 6.45) is 1.52. The van der Waals surface area contributed by atoms with Crippen molar-refractivity contribution in [3.63, 3.8) is 0 Å². The van der Waals surface area contributed by atoms with Crippen molar-refractivity contribution in [1.29, 1.82) is 0 Å². The number of carbonyl (C=O) groups is 1. The maximum absolute atomic E-state index is 13.0. The second-order valence-electron chi connectivity index (χ2n) is 6.98. The minimum absolute atomic E-state index is 0.115. The molecule has 0 radical (unpaired) electrons. The number of amides is 1. The fraction of sp³-hybridized carbons (Fsp3) is 0.125. The number of fused-ring (bicyclic) bond motifs is 1. The molecule has 0 aliphatic rings. The number of halogens is 1. The van der Waals surface area contributed by atoms with Crippen LogP contribution >= 0.6 is 0 Å². The lowest BCUT2D eigenvalue weighted by Gasteiger charge is -2.10. The molecule has 0 aliphatic carbocycles. The quantitative estimate of drug-likeness (QED) is 0.493. The number of aryl methyl sites for hydroxylation is 1. The first kappa shape index (κ1) is 20.3. The van der Waals surface area contributed by atoms with E-state index < -0.39 is 0 Å². The molecule has 0 atom stereocenters. The highest BCUT2D eigenvalue weighted by Gasteiger charge is 2.07. The van der Waals surface area contributed by atoms with E-state index in [4.69, 9.17) is 4.74 Å². The van der Waals surface area contributed by atoms with Crippen LogP contribution in [0.3, 0.4) is 0 Å². The van der Waals surface area contributed by atoms with E-state index in [1.54, 1.807) is 41.1 Å². The van der Waals surface area contributed by atoms with Gasteiger partial charge in [-0.05, 0) is 54.1 Å². The molecule has 156 valence electrons. The zero-order valence-electron chi connectivity index (χ0n) is 16.6. The van der Waals surface area contributed by atoms with Gasteiger partial charge in [0.1, 0.15) is 17.3 Å². The van der Waals surface area contributed by atoms with E-state index >= 15 is 0 Å². The summed E-state index contributed by atoms with van der Waals surface area (Å²) in [5.74, 6) is 0.739. The molecule has 1 aromatic heterocycles. The molecule has 7 heteroatoms. The van der Waals surface area contributed by atoms with E-state index in [9.17, 15) is 14.0 Å². The number of rotatable bonds is 7. The van der Waals surface area contributed by atoms with E-state index in [0.29, 0.717) is 35.5 Å². The van der Waals surface area contributed by atoms with Gasteiger partial charge in [0.2, 0.25) is 11.3 Å². The van der Waals surface area contributed by atoms with Gasteiger partial charge in [0.15, 0.2) is 0 Å². The maximum atomic E-state index is 13.0. The Labute approximate surface area is 177 Å². The molecule has 6 nitrogen and oxygen atoms in total. The molecular formula is C24H20FN3O3. The second kappa shape index (κ2) is 9.21. The third kappa shape index (κ3) is 5.14.